The minimum absolute atomic E-state index is 0.0102. The molecule has 0 aromatic heterocycles. The summed E-state index contributed by atoms with van der Waals surface area (Å²) in [6.45, 7) is 3.98. The molecule has 0 aliphatic heterocycles. The number of nitrogens with one attached hydrogen (secondary N) is 1. The number of alkyl halides is 1. The normalized spacial score (nSPS) is 13.8. The topological polar surface area (TPSA) is 38.3 Å². The van der Waals surface area contributed by atoms with E-state index in [1.807, 2.05) is 38.1 Å². The van der Waals surface area contributed by atoms with Crippen LogP contribution in [0.15, 0.2) is 24.3 Å². The summed E-state index contributed by atoms with van der Waals surface area (Å²) in [6, 6.07) is 7.61. The Morgan fingerprint density at radius 3 is 2.67 bits per heavy atom. The van der Waals surface area contributed by atoms with Gasteiger partial charge in [-0.2, -0.15) is 0 Å². The number of benzene rings is 1. The van der Waals surface area contributed by atoms with E-state index in [-0.39, 0.29) is 17.9 Å². The number of ether oxygens (including phenoxy) is 1. The van der Waals surface area contributed by atoms with E-state index in [1.54, 1.807) is 7.11 Å². The quantitative estimate of drug-likeness (QED) is 0.807. The molecule has 1 aromatic rings. The van der Waals surface area contributed by atoms with Crippen molar-refractivity contribution in [1.82, 2.24) is 5.32 Å². The van der Waals surface area contributed by atoms with Crippen molar-refractivity contribution < 1.29 is 9.53 Å². The Morgan fingerprint density at radius 2 is 2.06 bits per heavy atom. The van der Waals surface area contributed by atoms with Crippen LogP contribution in [0.25, 0.3) is 0 Å². The van der Waals surface area contributed by atoms with Gasteiger partial charge in [-0.05, 0) is 18.9 Å². The maximum atomic E-state index is 11.9. The zero-order valence-corrected chi connectivity index (χ0v) is 11.8. The smallest absolute Gasteiger partial charge is 0.224 e. The molecular formula is C14H20ClNO2. The number of rotatable bonds is 6. The molecule has 0 saturated carbocycles. The van der Waals surface area contributed by atoms with Crippen LogP contribution in [0.1, 0.15) is 19.4 Å². The van der Waals surface area contributed by atoms with Gasteiger partial charge in [0.25, 0.3) is 0 Å². The molecule has 2 atom stereocenters. The zero-order valence-electron chi connectivity index (χ0n) is 11.1. The average molecular weight is 270 g/mol. The lowest BCUT2D eigenvalue weighted by molar-refractivity contribution is -0.121. The monoisotopic (exact) mass is 269 g/mol. The molecule has 4 heteroatoms. The van der Waals surface area contributed by atoms with Crippen LogP contribution in [-0.2, 0) is 11.2 Å². The minimum Gasteiger partial charge on any atom is -0.496 e. The van der Waals surface area contributed by atoms with Gasteiger partial charge in [-0.15, -0.1) is 11.6 Å². The zero-order chi connectivity index (χ0) is 13.5. The van der Waals surface area contributed by atoms with E-state index in [9.17, 15) is 4.79 Å². The molecule has 100 valence electrons. The molecule has 1 N–H and O–H groups in total. The van der Waals surface area contributed by atoms with Gasteiger partial charge in [-0.25, -0.2) is 0 Å². The van der Waals surface area contributed by atoms with Crippen molar-refractivity contribution in [3.63, 3.8) is 0 Å². The molecule has 18 heavy (non-hydrogen) atoms. The lowest BCUT2D eigenvalue weighted by Gasteiger charge is -2.19. The van der Waals surface area contributed by atoms with Crippen LogP contribution in [0.3, 0.4) is 0 Å². The van der Waals surface area contributed by atoms with Crippen LogP contribution >= 0.6 is 11.6 Å². The summed E-state index contributed by atoms with van der Waals surface area (Å²) in [7, 11) is 1.61. The highest BCUT2D eigenvalue weighted by Gasteiger charge is 2.15. The third-order valence-electron chi connectivity index (χ3n) is 3.03. The number of hydrogen-bond acceptors (Lipinski definition) is 2. The third kappa shape index (κ3) is 4.22. The van der Waals surface area contributed by atoms with Gasteiger partial charge in [0.2, 0.25) is 5.91 Å². The Labute approximate surface area is 113 Å². The predicted octanol–water partition coefficient (Wildman–Crippen LogP) is 2.62. The van der Waals surface area contributed by atoms with Gasteiger partial charge in [-0.1, -0.05) is 25.1 Å². The molecule has 1 amide bonds. The van der Waals surface area contributed by atoms with E-state index in [0.717, 1.165) is 11.3 Å². The Hall–Kier alpha value is -1.22. The highest BCUT2D eigenvalue weighted by Crippen LogP contribution is 2.17. The second-order valence-electron chi connectivity index (χ2n) is 4.48. The second-order valence-corrected chi connectivity index (χ2v) is 4.79. The Kier molecular flexibility index (Phi) is 5.99. The molecule has 0 heterocycles. The molecular weight excluding hydrogens is 250 g/mol. The van der Waals surface area contributed by atoms with E-state index in [1.165, 1.54) is 0 Å². The summed E-state index contributed by atoms with van der Waals surface area (Å²) < 4.78 is 5.22. The number of hydrogen-bond donors (Lipinski definition) is 1. The summed E-state index contributed by atoms with van der Waals surface area (Å²) >= 11 is 5.77. The molecule has 2 unspecified atom stereocenters. The first-order chi connectivity index (χ1) is 8.58. The number of para-hydroxylation sites is 1. The van der Waals surface area contributed by atoms with E-state index in [4.69, 9.17) is 16.3 Å². The number of amides is 1. The molecule has 0 aliphatic rings. The van der Waals surface area contributed by atoms with Gasteiger partial charge in [0, 0.05) is 17.5 Å². The fourth-order valence-electron chi connectivity index (χ4n) is 1.60. The van der Waals surface area contributed by atoms with Crippen LogP contribution in [0, 0.1) is 5.92 Å². The van der Waals surface area contributed by atoms with Crippen LogP contribution < -0.4 is 10.1 Å². The van der Waals surface area contributed by atoms with Gasteiger partial charge in [0.1, 0.15) is 5.75 Å². The van der Waals surface area contributed by atoms with Gasteiger partial charge >= 0.3 is 0 Å². The maximum Gasteiger partial charge on any atom is 0.224 e. The van der Waals surface area contributed by atoms with E-state index >= 15 is 0 Å². The first kappa shape index (κ1) is 14.8. The van der Waals surface area contributed by atoms with E-state index in [2.05, 4.69) is 5.32 Å². The minimum atomic E-state index is -0.0102. The molecule has 1 rings (SSSR count). The number of carbonyl (C=O) groups excluding carboxylic acids is 1. The summed E-state index contributed by atoms with van der Waals surface area (Å²) in [4.78, 5) is 11.9. The molecule has 0 bridgehead atoms. The lowest BCUT2D eigenvalue weighted by atomic mass is 10.1. The van der Waals surface area contributed by atoms with Gasteiger partial charge in [0.05, 0.1) is 13.5 Å². The predicted molar refractivity (Wildman–Crippen MR) is 74.2 cm³/mol. The van der Waals surface area contributed by atoms with Crippen molar-refractivity contribution in [2.75, 3.05) is 13.0 Å². The molecule has 0 saturated heterocycles. The van der Waals surface area contributed by atoms with E-state index < -0.39 is 0 Å². The Balaban J connectivity index is 2.59. The standard InChI is InChI=1S/C14H20ClNO2/c1-10(9-15)11(2)16-14(17)8-12-6-4-5-7-13(12)18-3/h4-7,10-11H,8-9H2,1-3H3,(H,16,17). The highest BCUT2D eigenvalue weighted by atomic mass is 35.5. The highest BCUT2D eigenvalue weighted by molar-refractivity contribution is 6.18. The molecule has 1 aromatic carbocycles. The second kappa shape index (κ2) is 7.27. The third-order valence-corrected chi connectivity index (χ3v) is 3.52. The number of halogens is 1. The first-order valence-corrected chi connectivity index (χ1v) is 6.59. The largest absolute Gasteiger partial charge is 0.496 e. The summed E-state index contributed by atoms with van der Waals surface area (Å²) in [5, 5.41) is 2.95. The Bertz CT molecular complexity index is 395. The van der Waals surface area contributed by atoms with Crippen LogP contribution in [0.4, 0.5) is 0 Å². The molecule has 0 radical (unpaired) electrons. The average Bonchev–Trinajstić information content (AvgIpc) is 2.38. The van der Waals surface area contributed by atoms with Crippen molar-refractivity contribution in [1.29, 1.82) is 0 Å². The van der Waals surface area contributed by atoms with Crippen molar-refractivity contribution >= 4 is 17.5 Å². The fraction of sp³-hybridized carbons (Fsp3) is 0.500. The molecule has 0 spiro atoms. The summed E-state index contributed by atoms with van der Waals surface area (Å²) in [5.41, 5.74) is 0.892. The SMILES string of the molecule is COc1ccccc1CC(=O)NC(C)C(C)CCl. The first-order valence-electron chi connectivity index (χ1n) is 6.05. The van der Waals surface area contributed by atoms with Crippen molar-refractivity contribution in [3.05, 3.63) is 29.8 Å². The van der Waals surface area contributed by atoms with Gasteiger partial charge < -0.3 is 10.1 Å². The van der Waals surface area contributed by atoms with E-state index in [0.29, 0.717) is 12.3 Å². The van der Waals surface area contributed by atoms with Crippen molar-refractivity contribution in [2.24, 2.45) is 5.92 Å². The fourth-order valence-corrected chi connectivity index (χ4v) is 1.87. The van der Waals surface area contributed by atoms with Crippen molar-refractivity contribution in [2.45, 2.75) is 26.3 Å². The van der Waals surface area contributed by atoms with Gasteiger partial charge in [0.15, 0.2) is 0 Å². The summed E-state index contributed by atoms with van der Waals surface area (Å²) in [6.07, 6.45) is 0.323. The van der Waals surface area contributed by atoms with Crippen molar-refractivity contribution in [3.8, 4) is 5.75 Å². The molecule has 3 nitrogen and oxygen atoms in total. The summed E-state index contributed by atoms with van der Waals surface area (Å²) in [5.74, 6) is 1.53. The van der Waals surface area contributed by atoms with Crippen LogP contribution in [-0.4, -0.2) is 24.9 Å². The van der Waals surface area contributed by atoms with Crippen LogP contribution in [0.5, 0.6) is 5.75 Å². The molecule has 0 fully saturated rings. The molecule has 0 aliphatic carbocycles. The number of methoxy groups -OCH3 is 1. The Morgan fingerprint density at radius 1 is 1.39 bits per heavy atom. The lowest BCUT2D eigenvalue weighted by Crippen LogP contribution is -2.38. The number of carbonyl (C=O) groups is 1. The maximum absolute atomic E-state index is 11.9. The van der Waals surface area contributed by atoms with Gasteiger partial charge in [-0.3, -0.25) is 4.79 Å². The van der Waals surface area contributed by atoms with Crippen LogP contribution in [0.2, 0.25) is 0 Å².